The van der Waals surface area contributed by atoms with Gasteiger partial charge in [0.1, 0.15) is 6.61 Å². The SMILES string of the molecule is CCCOC(=O)COC.CCN(CC)C(C)=O. The maximum atomic E-state index is 10.5. The van der Waals surface area contributed by atoms with E-state index in [1.807, 2.05) is 20.8 Å². The van der Waals surface area contributed by atoms with E-state index in [1.165, 1.54) is 7.11 Å². The van der Waals surface area contributed by atoms with Crippen LogP contribution in [0.4, 0.5) is 0 Å². The van der Waals surface area contributed by atoms with Gasteiger partial charge in [-0.2, -0.15) is 0 Å². The molecule has 0 atom stereocenters. The number of esters is 1. The Hall–Kier alpha value is -1.10. The van der Waals surface area contributed by atoms with Gasteiger partial charge in [-0.05, 0) is 20.3 Å². The molecule has 0 bridgehead atoms. The zero-order valence-corrected chi connectivity index (χ0v) is 11.6. The number of rotatable bonds is 6. The molecule has 0 aliphatic carbocycles. The first-order chi connectivity index (χ1) is 8.03. The first-order valence-electron chi connectivity index (χ1n) is 5.93. The van der Waals surface area contributed by atoms with Gasteiger partial charge in [0.15, 0.2) is 0 Å². The number of nitrogens with zero attached hydrogens (tertiary/aromatic N) is 1. The van der Waals surface area contributed by atoms with Crippen molar-refractivity contribution in [2.75, 3.05) is 33.4 Å². The van der Waals surface area contributed by atoms with Crippen LogP contribution in [0.5, 0.6) is 0 Å². The van der Waals surface area contributed by atoms with Crippen molar-refractivity contribution in [2.45, 2.75) is 34.1 Å². The first kappa shape index (κ1) is 18.3. The van der Waals surface area contributed by atoms with Crippen LogP contribution in [0.25, 0.3) is 0 Å². The summed E-state index contributed by atoms with van der Waals surface area (Å²) in [5, 5.41) is 0. The van der Waals surface area contributed by atoms with Crippen LogP contribution < -0.4 is 0 Å². The van der Waals surface area contributed by atoms with Crippen LogP contribution >= 0.6 is 0 Å². The third-order valence-electron chi connectivity index (χ3n) is 1.94. The van der Waals surface area contributed by atoms with Gasteiger partial charge in [-0.25, -0.2) is 4.79 Å². The molecule has 0 rings (SSSR count). The number of carbonyl (C=O) groups excluding carboxylic acids is 2. The zero-order chi connectivity index (χ0) is 13.7. The van der Waals surface area contributed by atoms with E-state index >= 15 is 0 Å². The van der Waals surface area contributed by atoms with Crippen molar-refractivity contribution in [3.63, 3.8) is 0 Å². The van der Waals surface area contributed by atoms with Gasteiger partial charge in [0.25, 0.3) is 0 Å². The topological polar surface area (TPSA) is 55.8 Å². The Morgan fingerprint density at radius 2 is 1.65 bits per heavy atom. The normalized spacial score (nSPS) is 9.00. The second-order valence-electron chi connectivity index (χ2n) is 3.34. The fraction of sp³-hybridized carbons (Fsp3) is 0.833. The Morgan fingerprint density at radius 3 is 1.88 bits per heavy atom. The van der Waals surface area contributed by atoms with Crippen molar-refractivity contribution >= 4 is 11.9 Å². The average molecular weight is 247 g/mol. The molecule has 0 aliphatic rings. The fourth-order valence-corrected chi connectivity index (χ4v) is 1.04. The Labute approximate surface area is 104 Å². The van der Waals surface area contributed by atoms with Crippen molar-refractivity contribution in [1.82, 2.24) is 4.90 Å². The highest BCUT2D eigenvalue weighted by Crippen LogP contribution is 1.85. The smallest absolute Gasteiger partial charge is 0.332 e. The lowest BCUT2D eigenvalue weighted by atomic mass is 10.5. The van der Waals surface area contributed by atoms with Gasteiger partial charge in [0.2, 0.25) is 5.91 Å². The lowest BCUT2D eigenvalue weighted by Crippen LogP contribution is -2.27. The van der Waals surface area contributed by atoms with Crippen molar-refractivity contribution in [2.24, 2.45) is 0 Å². The molecule has 0 spiro atoms. The highest BCUT2D eigenvalue weighted by molar-refractivity contribution is 5.73. The van der Waals surface area contributed by atoms with Gasteiger partial charge in [-0.1, -0.05) is 6.92 Å². The molecule has 17 heavy (non-hydrogen) atoms. The Bertz CT molecular complexity index is 203. The van der Waals surface area contributed by atoms with E-state index < -0.39 is 0 Å². The predicted octanol–water partition coefficient (Wildman–Crippen LogP) is 1.46. The monoisotopic (exact) mass is 247 g/mol. The van der Waals surface area contributed by atoms with Crippen LogP contribution in [0.3, 0.4) is 0 Å². The second-order valence-corrected chi connectivity index (χ2v) is 3.34. The van der Waals surface area contributed by atoms with E-state index in [1.54, 1.807) is 11.8 Å². The van der Waals surface area contributed by atoms with E-state index in [-0.39, 0.29) is 18.5 Å². The maximum absolute atomic E-state index is 10.5. The van der Waals surface area contributed by atoms with Crippen LogP contribution in [0.2, 0.25) is 0 Å². The van der Waals surface area contributed by atoms with Crippen LogP contribution in [0.1, 0.15) is 34.1 Å². The quantitative estimate of drug-likeness (QED) is 0.667. The molecule has 0 unspecified atom stereocenters. The summed E-state index contributed by atoms with van der Waals surface area (Å²) in [6.07, 6.45) is 0.857. The highest BCUT2D eigenvalue weighted by atomic mass is 16.6. The van der Waals surface area contributed by atoms with Gasteiger partial charge < -0.3 is 14.4 Å². The molecule has 0 aromatic carbocycles. The van der Waals surface area contributed by atoms with Crippen LogP contribution in [-0.4, -0.2) is 50.2 Å². The summed E-state index contributed by atoms with van der Waals surface area (Å²) in [4.78, 5) is 22.8. The standard InChI is InChI=1S/C6H13NO.C6H12O3/c1-4-7(5-2)6(3)8;1-3-4-9-6(7)5-8-2/h4-5H2,1-3H3;3-5H2,1-2H3. The van der Waals surface area contributed by atoms with Gasteiger partial charge in [0.05, 0.1) is 6.61 Å². The minimum Gasteiger partial charge on any atom is -0.464 e. The summed E-state index contributed by atoms with van der Waals surface area (Å²) < 4.78 is 9.19. The fourth-order valence-electron chi connectivity index (χ4n) is 1.04. The lowest BCUT2D eigenvalue weighted by molar-refractivity contribution is -0.147. The van der Waals surface area contributed by atoms with E-state index in [0.29, 0.717) is 6.61 Å². The lowest BCUT2D eigenvalue weighted by Gasteiger charge is -2.14. The summed E-state index contributed by atoms with van der Waals surface area (Å²) in [7, 11) is 1.47. The van der Waals surface area contributed by atoms with Crippen molar-refractivity contribution in [3.05, 3.63) is 0 Å². The second kappa shape index (κ2) is 13.0. The maximum Gasteiger partial charge on any atom is 0.332 e. The summed E-state index contributed by atoms with van der Waals surface area (Å²) in [5.41, 5.74) is 0. The minimum absolute atomic E-state index is 0.0556. The van der Waals surface area contributed by atoms with Crippen LogP contribution in [0.15, 0.2) is 0 Å². The molecule has 0 radical (unpaired) electrons. The number of amides is 1. The molecular formula is C12H25NO4. The molecule has 0 N–H and O–H groups in total. The Morgan fingerprint density at radius 1 is 1.12 bits per heavy atom. The molecule has 102 valence electrons. The summed E-state index contributed by atoms with van der Waals surface area (Å²) in [5.74, 6) is -0.130. The number of hydrogen-bond donors (Lipinski definition) is 0. The largest absolute Gasteiger partial charge is 0.464 e. The Kier molecular flexibility index (Phi) is 13.9. The molecule has 5 nitrogen and oxygen atoms in total. The number of methoxy groups -OCH3 is 1. The molecule has 0 saturated heterocycles. The third kappa shape index (κ3) is 12.8. The molecular weight excluding hydrogens is 222 g/mol. The molecule has 1 amide bonds. The zero-order valence-electron chi connectivity index (χ0n) is 11.6. The Balaban J connectivity index is 0. The summed E-state index contributed by atoms with van der Waals surface area (Å²) in [6, 6.07) is 0. The van der Waals surface area contributed by atoms with E-state index in [2.05, 4.69) is 9.47 Å². The highest BCUT2D eigenvalue weighted by Gasteiger charge is 1.99. The average Bonchev–Trinajstić information content (AvgIpc) is 2.29. The van der Waals surface area contributed by atoms with Gasteiger partial charge in [-0.3, -0.25) is 4.79 Å². The molecule has 0 aromatic heterocycles. The number of hydrogen-bond acceptors (Lipinski definition) is 4. The first-order valence-corrected chi connectivity index (χ1v) is 5.93. The van der Waals surface area contributed by atoms with Crippen LogP contribution in [0, 0.1) is 0 Å². The van der Waals surface area contributed by atoms with Crippen molar-refractivity contribution in [1.29, 1.82) is 0 Å². The summed E-state index contributed by atoms with van der Waals surface area (Å²) >= 11 is 0. The summed E-state index contributed by atoms with van der Waals surface area (Å²) in [6.45, 7) is 9.68. The predicted molar refractivity (Wildman–Crippen MR) is 66.7 cm³/mol. The van der Waals surface area contributed by atoms with Gasteiger partial charge in [0, 0.05) is 27.1 Å². The van der Waals surface area contributed by atoms with Gasteiger partial charge in [-0.15, -0.1) is 0 Å². The number of ether oxygens (including phenoxy) is 2. The van der Waals surface area contributed by atoms with Crippen molar-refractivity contribution < 1.29 is 19.1 Å². The van der Waals surface area contributed by atoms with Crippen molar-refractivity contribution in [3.8, 4) is 0 Å². The molecule has 0 saturated carbocycles. The number of carbonyl (C=O) groups is 2. The minimum atomic E-state index is -0.292. The van der Waals surface area contributed by atoms with E-state index in [4.69, 9.17) is 0 Å². The third-order valence-corrected chi connectivity index (χ3v) is 1.94. The molecule has 0 aromatic rings. The van der Waals surface area contributed by atoms with Gasteiger partial charge >= 0.3 is 5.97 Å². The molecule has 0 fully saturated rings. The molecule has 5 heteroatoms. The van der Waals surface area contributed by atoms with Crippen LogP contribution in [-0.2, 0) is 19.1 Å². The van der Waals surface area contributed by atoms with E-state index in [9.17, 15) is 9.59 Å². The van der Waals surface area contributed by atoms with E-state index in [0.717, 1.165) is 19.5 Å². The molecule has 0 aliphatic heterocycles. The molecule has 0 heterocycles.